The highest BCUT2D eigenvalue weighted by Crippen LogP contribution is 2.34. The molecule has 0 bridgehead atoms. The molecule has 0 N–H and O–H groups in total. The van der Waals surface area contributed by atoms with Gasteiger partial charge in [-0.15, -0.1) is 11.3 Å². The number of aryl methyl sites for hydroxylation is 2. The minimum Gasteiger partial charge on any atom is -0.372 e. The fourth-order valence-corrected chi connectivity index (χ4v) is 5.69. The molecule has 1 fully saturated rings. The lowest BCUT2D eigenvalue weighted by atomic mass is 10.0. The van der Waals surface area contributed by atoms with Gasteiger partial charge in [-0.1, -0.05) is 12.1 Å². The average Bonchev–Trinajstić information content (AvgIpc) is 3.21. The van der Waals surface area contributed by atoms with Crippen molar-refractivity contribution in [2.45, 2.75) is 39.9 Å². The molecule has 1 saturated heterocycles. The fraction of sp³-hybridized carbons (Fsp3) is 0.296. The minimum absolute atomic E-state index is 0.0158. The van der Waals surface area contributed by atoms with Crippen molar-refractivity contribution < 1.29 is 4.74 Å². The zero-order valence-electron chi connectivity index (χ0n) is 19.0. The zero-order valence-corrected chi connectivity index (χ0v) is 19.8. The van der Waals surface area contributed by atoms with Crippen LogP contribution in [0.25, 0.3) is 26.9 Å². The standard InChI is InChI=1S/C27H28N2O2S/c1-17-14-29(22-11-9-21(10-12-22)28-15-18(2)31-19(3)16-28)27(30)24-7-5-6-23(26(17)24)25-13-8-20(4)32-25/h5-14,18-19H,15-16H2,1-4H3/t18-,19+. The Labute approximate surface area is 192 Å². The predicted octanol–water partition coefficient (Wildman–Crippen LogP) is 5.95. The molecule has 4 aromatic rings. The van der Waals surface area contributed by atoms with Gasteiger partial charge in [0, 0.05) is 51.2 Å². The van der Waals surface area contributed by atoms with Crippen LogP contribution in [0, 0.1) is 13.8 Å². The summed E-state index contributed by atoms with van der Waals surface area (Å²) in [6, 6.07) is 18.6. The molecule has 5 rings (SSSR count). The van der Waals surface area contributed by atoms with Gasteiger partial charge in [0.05, 0.1) is 12.2 Å². The first kappa shape index (κ1) is 21.0. The molecule has 0 radical (unpaired) electrons. The molecular formula is C27H28N2O2S. The Morgan fingerprint density at radius 1 is 0.906 bits per heavy atom. The molecule has 2 aromatic heterocycles. The van der Waals surface area contributed by atoms with E-state index in [1.807, 2.05) is 30.5 Å². The van der Waals surface area contributed by atoms with Crippen LogP contribution >= 0.6 is 11.3 Å². The fourth-order valence-electron chi connectivity index (χ4n) is 4.79. The summed E-state index contributed by atoms with van der Waals surface area (Å²) in [4.78, 5) is 18.3. The summed E-state index contributed by atoms with van der Waals surface area (Å²) in [7, 11) is 0. The van der Waals surface area contributed by atoms with Gasteiger partial charge in [-0.05, 0) is 81.3 Å². The van der Waals surface area contributed by atoms with Gasteiger partial charge in [-0.25, -0.2) is 0 Å². The first-order valence-corrected chi connectivity index (χ1v) is 11.9. The maximum atomic E-state index is 13.5. The molecule has 0 amide bonds. The summed E-state index contributed by atoms with van der Waals surface area (Å²) in [6.07, 6.45) is 2.40. The third kappa shape index (κ3) is 3.76. The number of aromatic nitrogens is 1. The summed E-state index contributed by atoms with van der Waals surface area (Å²) >= 11 is 1.76. The van der Waals surface area contributed by atoms with Crippen molar-refractivity contribution in [2.75, 3.05) is 18.0 Å². The Balaban J connectivity index is 1.55. The first-order chi connectivity index (χ1) is 15.4. The Kier molecular flexibility index (Phi) is 5.39. The van der Waals surface area contributed by atoms with Gasteiger partial charge in [0.2, 0.25) is 0 Å². The molecule has 2 atom stereocenters. The van der Waals surface area contributed by atoms with Crippen LogP contribution in [0.2, 0.25) is 0 Å². The second kappa shape index (κ2) is 8.23. The van der Waals surface area contributed by atoms with Crippen LogP contribution in [0.15, 0.2) is 65.6 Å². The monoisotopic (exact) mass is 444 g/mol. The van der Waals surface area contributed by atoms with E-state index in [0.29, 0.717) is 0 Å². The van der Waals surface area contributed by atoms with E-state index >= 15 is 0 Å². The van der Waals surface area contributed by atoms with Crippen molar-refractivity contribution in [3.8, 4) is 16.1 Å². The van der Waals surface area contributed by atoms with Gasteiger partial charge in [0.25, 0.3) is 5.56 Å². The molecule has 32 heavy (non-hydrogen) atoms. The van der Waals surface area contributed by atoms with Crippen LogP contribution in [0.3, 0.4) is 0 Å². The molecule has 5 heteroatoms. The minimum atomic E-state index is 0.0158. The van der Waals surface area contributed by atoms with Gasteiger partial charge in [0.15, 0.2) is 0 Å². The highest BCUT2D eigenvalue weighted by Gasteiger charge is 2.22. The summed E-state index contributed by atoms with van der Waals surface area (Å²) in [5.74, 6) is 0. The van der Waals surface area contributed by atoms with Gasteiger partial charge >= 0.3 is 0 Å². The van der Waals surface area contributed by atoms with Gasteiger partial charge in [-0.2, -0.15) is 0 Å². The SMILES string of the molecule is Cc1ccc(-c2cccc3c(=O)n(-c4ccc(N5C[C@@H](C)O[C@@H](C)C5)cc4)cc(C)c23)s1. The molecule has 1 aliphatic heterocycles. The largest absolute Gasteiger partial charge is 0.372 e. The van der Waals surface area contributed by atoms with Gasteiger partial charge in [-0.3, -0.25) is 9.36 Å². The number of anilines is 1. The molecule has 0 aliphatic carbocycles. The van der Waals surface area contributed by atoms with E-state index in [1.165, 1.54) is 9.75 Å². The van der Waals surface area contributed by atoms with E-state index in [1.54, 1.807) is 15.9 Å². The molecule has 0 spiro atoms. The van der Waals surface area contributed by atoms with Crippen molar-refractivity contribution in [1.82, 2.24) is 4.57 Å². The van der Waals surface area contributed by atoms with E-state index in [9.17, 15) is 4.79 Å². The van der Waals surface area contributed by atoms with Crippen molar-refractivity contribution in [2.24, 2.45) is 0 Å². The Morgan fingerprint density at radius 2 is 1.59 bits per heavy atom. The molecule has 4 nitrogen and oxygen atoms in total. The van der Waals surface area contributed by atoms with Gasteiger partial charge < -0.3 is 9.64 Å². The molecule has 164 valence electrons. The van der Waals surface area contributed by atoms with Gasteiger partial charge in [0.1, 0.15) is 0 Å². The topological polar surface area (TPSA) is 34.5 Å². The maximum Gasteiger partial charge on any atom is 0.262 e. The smallest absolute Gasteiger partial charge is 0.262 e. The van der Waals surface area contributed by atoms with E-state index in [4.69, 9.17) is 4.74 Å². The normalized spacial score (nSPS) is 18.9. The third-order valence-corrected chi connectivity index (χ3v) is 7.18. The van der Waals surface area contributed by atoms with Crippen LogP contribution in [-0.2, 0) is 4.74 Å². The number of rotatable bonds is 3. The van der Waals surface area contributed by atoms with Crippen LogP contribution < -0.4 is 10.5 Å². The van der Waals surface area contributed by atoms with Crippen molar-refractivity contribution in [3.05, 3.63) is 81.6 Å². The Morgan fingerprint density at radius 3 is 2.25 bits per heavy atom. The summed E-state index contributed by atoms with van der Waals surface area (Å²) in [5, 5.41) is 1.80. The number of benzene rings is 2. The number of hydrogen-bond donors (Lipinski definition) is 0. The van der Waals surface area contributed by atoms with E-state index in [2.05, 4.69) is 62.9 Å². The second-order valence-electron chi connectivity index (χ2n) is 8.80. The molecular weight excluding hydrogens is 416 g/mol. The Hall–Kier alpha value is -2.89. The van der Waals surface area contributed by atoms with E-state index in [-0.39, 0.29) is 17.8 Å². The number of morpholine rings is 1. The van der Waals surface area contributed by atoms with Crippen LogP contribution in [0.1, 0.15) is 24.3 Å². The second-order valence-corrected chi connectivity index (χ2v) is 10.1. The Bertz CT molecular complexity index is 1330. The van der Waals surface area contributed by atoms with Crippen molar-refractivity contribution in [1.29, 1.82) is 0 Å². The number of hydrogen-bond acceptors (Lipinski definition) is 4. The summed E-state index contributed by atoms with van der Waals surface area (Å²) < 4.78 is 7.63. The van der Waals surface area contributed by atoms with E-state index < -0.39 is 0 Å². The molecule has 2 aromatic carbocycles. The zero-order chi connectivity index (χ0) is 22.4. The quantitative estimate of drug-likeness (QED) is 0.392. The molecule has 0 unspecified atom stereocenters. The average molecular weight is 445 g/mol. The van der Waals surface area contributed by atoms with Crippen molar-refractivity contribution >= 4 is 27.8 Å². The summed E-state index contributed by atoms with van der Waals surface area (Å²) in [6.45, 7) is 10.2. The molecule has 1 aliphatic rings. The lowest BCUT2D eigenvalue weighted by Gasteiger charge is -2.36. The molecule has 0 saturated carbocycles. The number of thiophene rings is 1. The van der Waals surface area contributed by atoms with Crippen LogP contribution in [0.5, 0.6) is 0 Å². The molecule has 3 heterocycles. The van der Waals surface area contributed by atoms with Crippen molar-refractivity contribution in [3.63, 3.8) is 0 Å². The van der Waals surface area contributed by atoms with Crippen LogP contribution in [-0.4, -0.2) is 29.9 Å². The highest BCUT2D eigenvalue weighted by atomic mass is 32.1. The van der Waals surface area contributed by atoms with E-state index in [0.717, 1.165) is 46.4 Å². The number of ether oxygens (including phenoxy) is 1. The number of nitrogens with zero attached hydrogens (tertiary/aromatic N) is 2. The third-order valence-electron chi connectivity index (χ3n) is 6.15. The summed E-state index contributed by atoms with van der Waals surface area (Å²) in [5.41, 5.74) is 4.30. The first-order valence-electron chi connectivity index (χ1n) is 11.1. The number of pyridine rings is 1. The predicted molar refractivity (Wildman–Crippen MR) is 135 cm³/mol. The van der Waals surface area contributed by atoms with Crippen LogP contribution in [0.4, 0.5) is 5.69 Å². The highest BCUT2D eigenvalue weighted by molar-refractivity contribution is 7.15. The maximum absolute atomic E-state index is 13.5. The lowest BCUT2D eigenvalue weighted by molar-refractivity contribution is -0.00521. The lowest BCUT2D eigenvalue weighted by Crippen LogP contribution is -2.45. The number of fused-ring (bicyclic) bond motifs is 1.